The van der Waals surface area contributed by atoms with Crippen molar-refractivity contribution < 1.29 is 14.3 Å². The molecular formula is C24H25N5O3. The second-order valence-corrected chi connectivity index (χ2v) is 8.21. The Morgan fingerprint density at radius 3 is 2.47 bits per heavy atom. The maximum absolute atomic E-state index is 13.5. The predicted octanol–water partition coefficient (Wildman–Crippen LogP) is 3.60. The number of anilines is 2. The minimum absolute atomic E-state index is 0.0130. The van der Waals surface area contributed by atoms with Gasteiger partial charge in [-0.1, -0.05) is 35.9 Å². The number of Topliss-reactive ketones (excluding diaryl/α,β-unsaturated/α-hetero) is 1. The average Bonchev–Trinajstić information content (AvgIpc) is 3.17. The van der Waals surface area contributed by atoms with Gasteiger partial charge in [-0.3, -0.25) is 4.79 Å². The SMILES string of the molecule is COc1ccc([C@@H]2CC(=O)C3=C(C2)Nc2nc(N)nn2[C@@H]3c2ccc(C)cc2)cc1OC. The van der Waals surface area contributed by atoms with Crippen molar-refractivity contribution in [2.45, 2.75) is 31.7 Å². The number of aryl methyl sites for hydroxylation is 1. The highest BCUT2D eigenvalue weighted by Crippen LogP contribution is 2.45. The van der Waals surface area contributed by atoms with Crippen molar-refractivity contribution in [2.24, 2.45) is 0 Å². The summed E-state index contributed by atoms with van der Waals surface area (Å²) in [7, 11) is 3.22. The molecule has 8 nitrogen and oxygen atoms in total. The van der Waals surface area contributed by atoms with Crippen LogP contribution in [0.15, 0.2) is 53.7 Å². The van der Waals surface area contributed by atoms with Crippen LogP contribution in [0.3, 0.4) is 0 Å². The van der Waals surface area contributed by atoms with Gasteiger partial charge < -0.3 is 20.5 Å². The van der Waals surface area contributed by atoms with Crippen molar-refractivity contribution in [3.05, 3.63) is 70.4 Å². The van der Waals surface area contributed by atoms with E-state index in [0.717, 1.165) is 28.0 Å². The van der Waals surface area contributed by atoms with E-state index in [2.05, 4.69) is 15.4 Å². The number of hydrogen-bond donors (Lipinski definition) is 2. The molecule has 8 heteroatoms. The molecule has 1 aromatic heterocycles. The van der Waals surface area contributed by atoms with Gasteiger partial charge in [0.05, 0.1) is 14.2 Å². The lowest BCUT2D eigenvalue weighted by Gasteiger charge is -2.35. The van der Waals surface area contributed by atoms with Crippen molar-refractivity contribution in [3.63, 3.8) is 0 Å². The number of nitrogen functional groups attached to an aromatic ring is 1. The molecule has 0 radical (unpaired) electrons. The van der Waals surface area contributed by atoms with E-state index in [1.807, 2.05) is 49.4 Å². The van der Waals surface area contributed by atoms with Crippen molar-refractivity contribution in [1.29, 1.82) is 0 Å². The van der Waals surface area contributed by atoms with Gasteiger partial charge in [-0.2, -0.15) is 4.98 Å². The third kappa shape index (κ3) is 3.28. The molecule has 2 atom stereocenters. The number of aromatic nitrogens is 3. The third-order valence-corrected chi connectivity index (χ3v) is 6.21. The zero-order valence-corrected chi connectivity index (χ0v) is 18.3. The van der Waals surface area contributed by atoms with Crippen LogP contribution in [0.1, 0.15) is 41.5 Å². The molecule has 3 N–H and O–H groups in total. The first-order valence-electron chi connectivity index (χ1n) is 10.5. The zero-order valence-electron chi connectivity index (χ0n) is 18.3. The van der Waals surface area contributed by atoms with Gasteiger partial charge in [0.1, 0.15) is 6.04 Å². The molecule has 0 saturated carbocycles. The minimum atomic E-state index is -0.356. The van der Waals surface area contributed by atoms with Crippen molar-refractivity contribution in [3.8, 4) is 11.5 Å². The fraction of sp³-hybridized carbons (Fsp3) is 0.292. The second kappa shape index (κ2) is 7.71. The fourth-order valence-electron chi connectivity index (χ4n) is 4.63. The van der Waals surface area contributed by atoms with Gasteiger partial charge >= 0.3 is 0 Å². The zero-order chi connectivity index (χ0) is 22.4. The lowest BCUT2D eigenvalue weighted by atomic mass is 9.78. The Kier molecular flexibility index (Phi) is 4.84. The smallest absolute Gasteiger partial charge is 0.241 e. The topological polar surface area (TPSA) is 104 Å². The highest BCUT2D eigenvalue weighted by Gasteiger charge is 2.39. The fourth-order valence-corrected chi connectivity index (χ4v) is 4.63. The lowest BCUT2D eigenvalue weighted by Crippen LogP contribution is -2.33. The maximum atomic E-state index is 13.5. The molecule has 0 bridgehead atoms. The molecule has 2 aromatic carbocycles. The summed E-state index contributed by atoms with van der Waals surface area (Å²) in [6, 6.07) is 13.6. The van der Waals surface area contributed by atoms with Gasteiger partial charge in [-0.15, -0.1) is 5.10 Å². The Labute approximate surface area is 186 Å². The number of carbonyl (C=O) groups is 1. The molecular weight excluding hydrogens is 406 g/mol. The number of nitrogens with zero attached hydrogens (tertiary/aromatic N) is 3. The Bertz CT molecular complexity index is 1230. The van der Waals surface area contributed by atoms with Crippen LogP contribution in [0.4, 0.5) is 11.9 Å². The highest BCUT2D eigenvalue weighted by atomic mass is 16.5. The number of benzene rings is 2. The average molecular weight is 431 g/mol. The lowest BCUT2D eigenvalue weighted by molar-refractivity contribution is -0.116. The van der Waals surface area contributed by atoms with Crippen molar-refractivity contribution in [2.75, 3.05) is 25.3 Å². The third-order valence-electron chi connectivity index (χ3n) is 6.21. The number of allylic oxidation sites excluding steroid dienone is 2. The summed E-state index contributed by atoms with van der Waals surface area (Å²) in [5.41, 5.74) is 10.7. The molecule has 0 amide bonds. The Morgan fingerprint density at radius 1 is 1.03 bits per heavy atom. The molecule has 3 aromatic rings. The van der Waals surface area contributed by atoms with Crippen LogP contribution in [-0.2, 0) is 4.79 Å². The first kappa shape index (κ1) is 20.1. The number of methoxy groups -OCH3 is 2. The quantitative estimate of drug-likeness (QED) is 0.650. The van der Waals surface area contributed by atoms with E-state index in [-0.39, 0.29) is 23.7 Å². The van der Waals surface area contributed by atoms with Crippen molar-refractivity contribution in [1.82, 2.24) is 14.8 Å². The van der Waals surface area contributed by atoms with Crippen LogP contribution >= 0.6 is 0 Å². The van der Waals surface area contributed by atoms with Gasteiger partial charge in [0.2, 0.25) is 11.9 Å². The second-order valence-electron chi connectivity index (χ2n) is 8.21. The molecule has 5 rings (SSSR count). The molecule has 1 aliphatic heterocycles. The number of ether oxygens (including phenoxy) is 2. The van der Waals surface area contributed by atoms with Gasteiger partial charge in [0, 0.05) is 17.7 Å². The number of carbonyl (C=O) groups excluding carboxylic acids is 1. The molecule has 0 fully saturated rings. The number of nitrogens with two attached hydrogens (primary N) is 1. The number of hydrogen-bond acceptors (Lipinski definition) is 7. The van der Waals surface area contributed by atoms with E-state index in [9.17, 15) is 4.79 Å². The standard InChI is InChI=1S/C24H25N5O3/c1-13-4-6-14(7-5-13)22-21-17(26-24-27-23(25)28-29(22)24)10-16(11-18(21)30)15-8-9-19(31-2)20(12-15)32-3/h4-9,12,16,22H,10-11H2,1-3H3,(H3,25,26,27,28)/t16-,22+/m0/s1. The van der Waals surface area contributed by atoms with E-state index in [1.54, 1.807) is 18.9 Å². The molecule has 32 heavy (non-hydrogen) atoms. The van der Waals surface area contributed by atoms with E-state index >= 15 is 0 Å². The van der Waals surface area contributed by atoms with Crippen molar-refractivity contribution >= 4 is 17.7 Å². The van der Waals surface area contributed by atoms with E-state index in [1.165, 1.54) is 0 Å². The molecule has 1 aliphatic carbocycles. The van der Waals surface area contributed by atoms with Gasteiger partial charge in [0.25, 0.3) is 0 Å². The first-order chi connectivity index (χ1) is 15.5. The maximum Gasteiger partial charge on any atom is 0.241 e. The number of rotatable bonds is 4. The number of fused-ring (bicyclic) bond motifs is 1. The van der Waals surface area contributed by atoms with Gasteiger partial charge in [0.15, 0.2) is 17.3 Å². The largest absolute Gasteiger partial charge is 0.493 e. The van der Waals surface area contributed by atoms with Crippen LogP contribution < -0.4 is 20.5 Å². The summed E-state index contributed by atoms with van der Waals surface area (Å²) >= 11 is 0. The molecule has 2 aliphatic rings. The summed E-state index contributed by atoms with van der Waals surface area (Å²) < 4.78 is 12.5. The van der Waals surface area contributed by atoms with Gasteiger partial charge in [-0.05, 0) is 42.5 Å². The summed E-state index contributed by atoms with van der Waals surface area (Å²) in [5, 5.41) is 7.70. The van der Waals surface area contributed by atoms with Crippen LogP contribution in [0.2, 0.25) is 0 Å². The van der Waals surface area contributed by atoms with Crippen LogP contribution in [0, 0.1) is 6.92 Å². The van der Waals surface area contributed by atoms with Crippen LogP contribution in [0.5, 0.6) is 11.5 Å². The number of ketones is 1. The van der Waals surface area contributed by atoms with E-state index in [4.69, 9.17) is 15.2 Å². The minimum Gasteiger partial charge on any atom is -0.493 e. The molecule has 0 spiro atoms. The first-order valence-corrected chi connectivity index (χ1v) is 10.5. The summed E-state index contributed by atoms with van der Waals surface area (Å²) in [6.45, 7) is 2.04. The molecule has 164 valence electrons. The van der Waals surface area contributed by atoms with Gasteiger partial charge in [-0.25, -0.2) is 4.68 Å². The van der Waals surface area contributed by atoms with Crippen LogP contribution in [0.25, 0.3) is 0 Å². The predicted molar refractivity (Wildman–Crippen MR) is 121 cm³/mol. The number of nitrogens with one attached hydrogen (secondary N) is 1. The summed E-state index contributed by atoms with van der Waals surface area (Å²) in [6.07, 6.45) is 1.07. The molecule has 0 saturated heterocycles. The Morgan fingerprint density at radius 2 is 1.75 bits per heavy atom. The normalized spacial score (nSPS) is 19.8. The van der Waals surface area contributed by atoms with Crippen LogP contribution in [-0.4, -0.2) is 34.8 Å². The summed E-state index contributed by atoms with van der Waals surface area (Å²) in [5.74, 6) is 2.14. The highest BCUT2D eigenvalue weighted by molar-refractivity contribution is 6.00. The monoisotopic (exact) mass is 431 g/mol. The van der Waals surface area contributed by atoms with E-state index < -0.39 is 0 Å². The molecule has 0 unspecified atom stereocenters. The Balaban J connectivity index is 1.57. The van der Waals surface area contributed by atoms with E-state index in [0.29, 0.717) is 30.3 Å². The summed E-state index contributed by atoms with van der Waals surface area (Å²) in [4.78, 5) is 17.9. The Hall–Kier alpha value is -3.81. The molecule has 2 heterocycles.